The van der Waals surface area contributed by atoms with E-state index < -0.39 is 0 Å². The van der Waals surface area contributed by atoms with Crippen molar-refractivity contribution >= 4 is 0 Å². The topological polar surface area (TPSA) is 61.0 Å². The largest absolute Gasteiger partial charge is 0.370 e. The molecule has 0 fully saturated rings. The first kappa shape index (κ1) is 19.9. The van der Waals surface area contributed by atoms with Crippen molar-refractivity contribution in [3.63, 3.8) is 0 Å². The molecule has 2 N–H and O–H groups in total. The monoisotopic (exact) mass is 398 g/mol. The van der Waals surface area contributed by atoms with E-state index in [9.17, 15) is 0 Å². The average molecular weight is 399 g/mol. The third-order valence-electron chi connectivity index (χ3n) is 5.99. The summed E-state index contributed by atoms with van der Waals surface area (Å²) in [6.45, 7) is 6.90. The number of nitrogens with one attached hydrogen (secondary N) is 2. The van der Waals surface area contributed by atoms with Gasteiger partial charge in [-0.25, -0.2) is 0 Å². The van der Waals surface area contributed by atoms with Gasteiger partial charge in [-0.15, -0.1) is 0 Å². The highest BCUT2D eigenvalue weighted by molar-refractivity contribution is 5.46. The summed E-state index contributed by atoms with van der Waals surface area (Å²) in [5.41, 5.74) is 7.55. The third kappa shape index (κ3) is 4.28. The highest BCUT2D eigenvalue weighted by Gasteiger charge is 2.30. The highest BCUT2D eigenvalue weighted by Crippen LogP contribution is 2.43. The molecule has 0 amide bonds. The Labute approximate surface area is 172 Å². The van der Waals surface area contributed by atoms with Crippen molar-refractivity contribution in [3.8, 4) is 23.0 Å². The molecule has 2 heterocycles. The van der Waals surface area contributed by atoms with Crippen molar-refractivity contribution in [3.05, 3.63) is 47.5 Å². The zero-order chi connectivity index (χ0) is 20.2. The lowest BCUT2D eigenvalue weighted by Crippen LogP contribution is -2.22. The van der Waals surface area contributed by atoms with Gasteiger partial charge in [0, 0.05) is 11.3 Å². The van der Waals surface area contributed by atoms with Gasteiger partial charge in [0.05, 0.1) is 0 Å². The number of hydrogen-bond donors (Lipinski definition) is 2. The van der Waals surface area contributed by atoms with Gasteiger partial charge in [0.25, 0.3) is 0 Å². The maximum atomic E-state index is 5.43. The van der Waals surface area contributed by atoms with Crippen molar-refractivity contribution in [2.24, 2.45) is 11.8 Å². The molecule has 0 bridgehead atoms. The van der Waals surface area contributed by atoms with Crippen LogP contribution >= 0.6 is 0 Å². The fourth-order valence-electron chi connectivity index (χ4n) is 4.74. The Hall–Kier alpha value is -2.44. The van der Waals surface area contributed by atoms with Gasteiger partial charge in [-0.05, 0) is 66.0 Å². The molecule has 0 aliphatic carbocycles. The fraction of sp³-hybridized carbons (Fsp3) is 0.478. The van der Waals surface area contributed by atoms with Crippen LogP contribution in [0.1, 0.15) is 63.5 Å². The second-order valence-electron chi connectivity index (χ2n) is 8.11. The molecule has 2 aromatic rings. The summed E-state index contributed by atoms with van der Waals surface area (Å²) in [7, 11) is 0. The number of rotatable bonds is 9. The summed E-state index contributed by atoms with van der Waals surface area (Å²) in [6.07, 6.45) is 5.69. The highest BCUT2D eigenvalue weighted by atomic mass is 16.9. The SMILES string of the molecule is CCCC(C)C(c1ccc2c(c1)ONO2)C(CCC)Cc1ccc2c(c1)ONO2. The predicted molar refractivity (Wildman–Crippen MR) is 111 cm³/mol. The molecule has 2 aliphatic rings. The molecule has 29 heavy (non-hydrogen) atoms. The molecule has 2 aliphatic heterocycles. The van der Waals surface area contributed by atoms with Crippen molar-refractivity contribution in [2.75, 3.05) is 0 Å². The van der Waals surface area contributed by atoms with Crippen molar-refractivity contribution in [1.29, 1.82) is 0 Å². The minimum atomic E-state index is 0.438. The van der Waals surface area contributed by atoms with Crippen molar-refractivity contribution in [2.45, 2.75) is 58.8 Å². The maximum Gasteiger partial charge on any atom is 0.196 e. The lowest BCUT2D eigenvalue weighted by atomic mass is 9.72. The standard InChI is InChI=1S/C23H30N2O4/c1-4-6-15(3)23(18-9-11-20-22(14-18)29-25-27-20)17(7-5-2)12-16-8-10-19-21(13-16)28-24-26-19/h8-11,13-15,17,23-25H,4-7,12H2,1-3H3. The van der Waals surface area contributed by atoms with Gasteiger partial charge >= 0.3 is 0 Å². The van der Waals surface area contributed by atoms with Crippen LogP contribution in [0.25, 0.3) is 0 Å². The molecule has 0 spiro atoms. The first-order chi connectivity index (χ1) is 14.2. The van der Waals surface area contributed by atoms with E-state index in [1.165, 1.54) is 24.0 Å². The van der Waals surface area contributed by atoms with Gasteiger partial charge in [0.15, 0.2) is 23.0 Å². The summed E-state index contributed by atoms with van der Waals surface area (Å²) in [5.74, 6) is 4.52. The Bertz CT molecular complexity index is 842. The lowest BCUT2D eigenvalue weighted by Gasteiger charge is -2.33. The summed E-state index contributed by atoms with van der Waals surface area (Å²) in [5, 5.41) is 0. The minimum Gasteiger partial charge on any atom is -0.370 e. The maximum absolute atomic E-state index is 5.43. The Balaban J connectivity index is 1.64. The molecule has 6 heteroatoms. The second kappa shape index (κ2) is 8.93. The zero-order valence-corrected chi connectivity index (χ0v) is 17.4. The van der Waals surface area contributed by atoms with E-state index in [0.717, 1.165) is 42.3 Å². The first-order valence-electron chi connectivity index (χ1n) is 10.6. The van der Waals surface area contributed by atoms with E-state index in [2.05, 4.69) is 56.3 Å². The van der Waals surface area contributed by atoms with Crippen LogP contribution in [-0.2, 0) is 6.42 Å². The molecule has 6 nitrogen and oxygen atoms in total. The molecule has 0 saturated carbocycles. The van der Waals surface area contributed by atoms with E-state index >= 15 is 0 Å². The first-order valence-corrected chi connectivity index (χ1v) is 10.6. The van der Waals surface area contributed by atoms with E-state index in [0.29, 0.717) is 17.8 Å². The molecular formula is C23H30N2O4. The van der Waals surface area contributed by atoms with Gasteiger partial charge in [-0.2, -0.15) is 0 Å². The number of benzene rings is 2. The molecule has 156 valence electrons. The van der Waals surface area contributed by atoms with Crippen LogP contribution in [0.5, 0.6) is 23.0 Å². The Kier molecular flexibility index (Phi) is 6.11. The molecule has 3 atom stereocenters. The molecule has 0 aromatic heterocycles. The summed E-state index contributed by atoms with van der Waals surface area (Å²) in [6, 6.07) is 12.5. The minimum absolute atomic E-state index is 0.438. The van der Waals surface area contributed by atoms with Crippen LogP contribution in [0.15, 0.2) is 36.4 Å². The zero-order valence-electron chi connectivity index (χ0n) is 17.4. The van der Waals surface area contributed by atoms with Gasteiger partial charge in [-0.3, -0.25) is 0 Å². The molecule has 0 radical (unpaired) electrons. The lowest BCUT2D eigenvalue weighted by molar-refractivity contribution is 0.0258. The molecule has 4 rings (SSSR count). The Morgan fingerprint density at radius 3 is 2.07 bits per heavy atom. The van der Waals surface area contributed by atoms with Gasteiger partial charge < -0.3 is 19.4 Å². The Morgan fingerprint density at radius 1 is 0.759 bits per heavy atom. The van der Waals surface area contributed by atoms with Crippen molar-refractivity contribution in [1.82, 2.24) is 11.3 Å². The number of fused-ring (bicyclic) bond motifs is 2. The predicted octanol–water partition coefficient (Wildman–Crippen LogP) is 5.25. The molecular weight excluding hydrogens is 368 g/mol. The summed E-state index contributed by atoms with van der Waals surface area (Å²) < 4.78 is 0. The summed E-state index contributed by atoms with van der Waals surface area (Å²) >= 11 is 0. The van der Waals surface area contributed by atoms with Crippen LogP contribution in [0.3, 0.4) is 0 Å². The quantitative estimate of drug-likeness (QED) is 0.602. The summed E-state index contributed by atoms with van der Waals surface area (Å²) in [4.78, 5) is 21.3. The van der Waals surface area contributed by atoms with E-state index in [1.807, 2.05) is 12.1 Å². The second-order valence-corrected chi connectivity index (χ2v) is 8.11. The Morgan fingerprint density at radius 2 is 1.38 bits per heavy atom. The van der Waals surface area contributed by atoms with E-state index in [-0.39, 0.29) is 0 Å². The van der Waals surface area contributed by atoms with Gasteiger partial charge in [0.1, 0.15) is 0 Å². The van der Waals surface area contributed by atoms with Crippen LogP contribution in [0, 0.1) is 11.8 Å². The fourth-order valence-corrected chi connectivity index (χ4v) is 4.74. The smallest absolute Gasteiger partial charge is 0.196 e. The van der Waals surface area contributed by atoms with Gasteiger partial charge in [0.2, 0.25) is 0 Å². The van der Waals surface area contributed by atoms with Crippen LogP contribution in [0.2, 0.25) is 0 Å². The molecule has 3 unspecified atom stereocenters. The normalized spacial score (nSPS) is 17.2. The molecule has 2 aromatic carbocycles. The van der Waals surface area contributed by atoms with Crippen LogP contribution in [-0.4, -0.2) is 0 Å². The van der Waals surface area contributed by atoms with E-state index in [4.69, 9.17) is 19.4 Å². The average Bonchev–Trinajstić information content (AvgIpc) is 3.37. The van der Waals surface area contributed by atoms with Crippen molar-refractivity contribution < 1.29 is 19.4 Å². The van der Waals surface area contributed by atoms with Gasteiger partial charge in [-0.1, -0.05) is 52.2 Å². The number of hydrogen-bond acceptors (Lipinski definition) is 6. The third-order valence-corrected chi connectivity index (χ3v) is 5.99. The molecule has 0 saturated heterocycles. The van der Waals surface area contributed by atoms with Crippen LogP contribution < -0.4 is 30.6 Å². The van der Waals surface area contributed by atoms with E-state index in [1.54, 1.807) is 0 Å². The van der Waals surface area contributed by atoms with Crippen LogP contribution in [0.4, 0.5) is 0 Å².